The summed E-state index contributed by atoms with van der Waals surface area (Å²) < 4.78 is 39.6. The van der Waals surface area contributed by atoms with Gasteiger partial charge in [0.1, 0.15) is 0 Å². The fourth-order valence-corrected chi connectivity index (χ4v) is 2.80. The average molecular weight is 343 g/mol. The SMILES string of the molecule is CN(CCc1cccc2ccccc12)C(=O)c1cc(F)c(F)c(F)c1. The highest BCUT2D eigenvalue weighted by Gasteiger charge is 2.18. The van der Waals surface area contributed by atoms with Gasteiger partial charge in [0.05, 0.1) is 0 Å². The van der Waals surface area contributed by atoms with Gasteiger partial charge in [0.2, 0.25) is 0 Å². The van der Waals surface area contributed by atoms with Gasteiger partial charge in [-0.3, -0.25) is 4.79 Å². The first kappa shape index (κ1) is 17.0. The van der Waals surface area contributed by atoms with Gasteiger partial charge in [0, 0.05) is 19.2 Å². The second kappa shape index (κ2) is 6.97. The number of amides is 1. The van der Waals surface area contributed by atoms with Crippen molar-refractivity contribution < 1.29 is 18.0 Å². The third-order valence-corrected chi connectivity index (χ3v) is 4.17. The van der Waals surface area contributed by atoms with E-state index >= 15 is 0 Å². The topological polar surface area (TPSA) is 20.3 Å². The molecule has 1 amide bonds. The van der Waals surface area contributed by atoms with E-state index in [-0.39, 0.29) is 5.56 Å². The van der Waals surface area contributed by atoms with Gasteiger partial charge >= 0.3 is 0 Å². The molecule has 0 fully saturated rings. The summed E-state index contributed by atoms with van der Waals surface area (Å²) in [6, 6.07) is 15.3. The summed E-state index contributed by atoms with van der Waals surface area (Å²) in [5, 5.41) is 2.21. The Kier molecular flexibility index (Phi) is 4.74. The Morgan fingerprint density at radius 3 is 2.32 bits per heavy atom. The highest BCUT2D eigenvalue weighted by Crippen LogP contribution is 2.20. The molecule has 0 saturated carbocycles. The molecule has 0 bridgehead atoms. The molecule has 3 rings (SSSR count). The Balaban J connectivity index is 1.76. The van der Waals surface area contributed by atoms with Crippen LogP contribution in [0.2, 0.25) is 0 Å². The predicted octanol–water partition coefficient (Wildman–Crippen LogP) is 4.57. The van der Waals surface area contributed by atoms with Crippen molar-refractivity contribution in [2.45, 2.75) is 6.42 Å². The molecular formula is C20H16F3NO. The maximum absolute atomic E-state index is 13.3. The number of hydrogen-bond acceptors (Lipinski definition) is 1. The van der Waals surface area contributed by atoms with Crippen LogP contribution in [0.5, 0.6) is 0 Å². The smallest absolute Gasteiger partial charge is 0.253 e. The fraction of sp³-hybridized carbons (Fsp3) is 0.150. The molecule has 5 heteroatoms. The molecule has 0 atom stereocenters. The summed E-state index contributed by atoms with van der Waals surface area (Å²) in [6.07, 6.45) is 0.593. The predicted molar refractivity (Wildman–Crippen MR) is 90.9 cm³/mol. The number of fused-ring (bicyclic) bond motifs is 1. The summed E-state index contributed by atoms with van der Waals surface area (Å²) in [5.41, 5.74) is 0.867. The van der Waals surface area contributed by atoms with Crippen LogP contribution in [-0.2, 0) is 6.42 Å². The quantitative estimate of drug-likeness (QED) is 0.636. The molecule has 2 nitrogen and oxygen atoms in total. The minimum atomic E-state index is -1.57. The van der Waals surface area contributed by atoms with Gasteiger partial charge in [-0.2, -0.15) is 0 Å². The molecular weight excluding hydrogens is 327 g/mol. The van der Waals surface area contributed by atoms with Gasteiger partial charge in [0.25, 0.3) is 5.91 Å². The molecule has 0 spiro atoms. The molecule has 0 saturated heterocycles. The molecule has 0 aliphatic carbocycles. The van der Waals surface area contributed by atoms with Gasteiger partial charge in [0.15, 0.2) is 17.5 Å². The maximum Gasteiger partial charge on any atom is 0.253 e. The van der Waals surface area contributed by atoms with Gasteiger partial charge in [-0.25, -0.2) is 13.2 Å². The van der Waals surface area contributed by atoms with Crippen molar-refractivity contribution in [1.82, 2.24) is 4.90 Å². The molecule has 0 unspecified atom stereocenters. The molecule has 0 radical (unpaired) electrons. The van der Waals surface area contributed by atoms with Crippen molar-refractivity contribution in [3.8, 4) is 0 Å². The number of benzene rings is 3. The van der Waals surface area contributed by atoms with Crippen LogP contribution in [0.15, 0.2) is 54.6 Å². The van der Waals surface area contributed by atoms with E-state index < -0.39 is 23.4 Å². The zero-order chi connectivity index (χ0) is 18.0. The number of hydrogen-bond donors (Lipinski definition) is 0. The standard InChI is InChI=1S/C20H16F3NO/c1-24(20(25)15-11-17(21)19(23)18(22)12-15)10-9-14-7-4-6-13-5-2-3-8-16(13)14/h2-8,11-12H,9-10H2,1H3. The van der Waals surface area contributed by atoms with Crippen LogP contribution in [-0.4, -0.2) is 24.4 Å². The van der Waals surface area contributed by atoms with Gasteiger partial charge in [-0.15, -0.1) is 0 Å². The Morgan fingerprint density at radius 1 is 0.960 bits per heavy atom. The fourth-order valence-electron chi connectivity index (χ4n) is 2.80. The third kappa shape index (κ3) is 3.50. The van der Waals surface area contributed by atoms with Crippen LogP contribution in [0.1, 0.15) is 15.9 Å². The van der Waals surface area contributed by atoms with Gasteiger partial charge in [-0.1, -0.05) is 42.5 Å². The first-order chi connectivity index (χ1) is 12.0. The number of likely N-dealkylation sites (N-methyl/N-ethyl adjacent to an activating group) is 1. The van der Waals surface area contributed by atoms with Crippen LogP contribution < -0.4 is 0 Å². The minimum absolute atomic E-state index is 0.211. The molecule has 0 N–H and O–H groups in total. The largest absolute Gasteiger partial charge is 0.341 e. The third-order valence-electron chi connectivity index (χ3n) is 4.17. The molecule has 3 aromatic carbocycles. The van der Waals surface area contributed by atoms with Crippen LogP contribution in [0.4, 0.5) is 13.2 Å². The first-order valence-electron chi connectivity index (χ1n) is 7.84. The molecule has 128 valence electrons. The molecule has 0 aliphatic heterocycles. The van der Waals surface area contributed by atoms with E-state index in [4.69, 9.17) is 0 Å². The summed E-state index contributed by atoms with van der Waals surface area (Å²) in [6.45, 7) is 0.369. The van der Waals surface area contributed by atoms with E-state index in [2.05, 4.69) is 0 Å². The Hall–Kier alpha value is -2.82. The number of carbonyl (C=O) groups excluding carboxylic acids is 1. The molecule has 0 heterocycles. The summed E-state index contributed by atoms with van der Waals surface area (Å²) in [5.74, 6) is -4.87. The molecule has 0 aliphatic rings. The van der Waals surface area contributed by atoms with Crippen molar-refractivity contribution >= 4 is 16.7 Å². The van der Waals surface area contributed by atoms with E-state index in [1.54, 1.807) is 7.05 Å². The van der Waals surface area contributed by atoms with E-state index in [9.17, 15) is 18.0 Å². The molecule has 3 aromatic rings. The molecule has 0 aromatic heterocycles. The van der Waals surface area contributed by atoms with E-state index in [1.807, 2.05) is 42.5 Å². The second-order valence-corrected chi connectivity index (χ2v) is 5.87. The Bertz CT molecular complexity index is 911. The first-order valence-corrected chi connectivity index (χ1v) is 7.84. The lowest BCUT2D eigenvalue weighted by Gasteiger charge is -2.18. The van der Waals surface area contributed by atoms with Crippen LogP contribution in [0, 0.1) is 17.5 Å². The van der Waals surface area contributed by atoms with Crippen molar-refractivity contribution in [3.63, 3.8) is 0 Å². The highest BCUT2D eigenvalue weighted by molar-refractivity contribution is 5.94. The number of carbonyl (C=O) groups is 1. The maximum atomic E-state index is 13.3. The van der Waals surface area contributed by atoms with Crippen LogP contribution >= 0.6 is 0 Å². The zero-order valence-electron chi connectivity index (χ0n) is 13.6. The zero-order valence-corrected chi connectivity index (χ0v) is 13.6. The Morgan fingerprint density at radius 2 is 1.60 bits per heavy atom. The number of rotatable bonds is 4. The summed E-state index contributed by atoms with van der Waals surface area (Å²) in [4.78, 5) is 13.7. The monoisotopic (exact) mass is 343 g/mol. The van der Waals surface area contributed by atoms with E-state index in [0.29, 0.717) is 13.0 Å². The van der Waals surface area contributed by atoms with E-state index in [1.165, 1.54) is 4.90 Å². The minimum Gasteiger partial charge on any atom is -0.341 e. The number of nitrogens with zero attached hydrogens (tertiary/aromatic N) is 1. The lowest BCUT2D eigenvalue weighted by atomic mass is 10.0. The normalized spacial score (nSPS) is 10.9. The lowest BCUT2D eigenvalue weighted by Crippen LogP contribution is -2.29. The Labute approximate surface area is 143 Å². The summed E-state index contributed by atoms with van der Waals surface area (Å²) in [7, 11) is 1.55. The van der Waals surface area contributed by atoms with Crippen molar-refractivity contribution in [1.29, 1.82) is 0 Å². The lowest BCUT2D eigenvalue weighted by molar-refractivity contribution is 0.0795. The van der Waals surface area contributed by atoms with Crippen molar-refractivity contribution in [2.24, 2.45) is 0 Å². The highest BCUT2D eigenvalue weighted by atomic mass is 19.2. The van der Waals surface area contributed by atoms with E-state index in [0.717, 1.165) is 28.5 Å². The van der Waals surface area contributed by atoms with Crippen molar-refractivity contribution in [2.75, 3.05) is 13.6 Å². The number of halogens is 3. The van der Waals surface area contributed by atoms with Crippen LogP contribution in [0.3, 0.4) is 0 Å². The molecule has 25 heavy (non-hydrogen) atoms. The van der Waals surface area contributed by atoms with Gasteiger partial charge in [-0.05, 0) is 34.9 Å². The van der Waals surface area contributed by atoms with Crippen molar-refractivity contribution in [3.05, 3.63) is 83.2 Å². The average Bonchev–Trinajstić information content (AvgIpc) is 2.63. The summed E-state index contributed by atoms with van der Waals surface area (Å²) >= 11 is 0. The second-order valence-electron chi connectivity index (χ2n) is 5.87. The van der Waals surface area contributed by atoms with Crippen LogP contribution in [0.25, 0.3) is 10.8 Å². The van der Waals surface area contributed by atoms with Gasteiger partial charge < -0.3 is 4.90 Å².